The van der Waals surface area contributed by atoms with Crippen molar-refractivity contribution in [3.8, 4) is 0 Å². The minimum absolute atomic E-state index is 0.0752. The number of nitrogens with zero attached hydrogens (tertiary/aromatic N) is 1. The van der Waals surface area contributed by atoms with Crippen LogP contribution < -0.4 is 10.0 Å². The van der Waals surface area contributed by atoms with Crippen molar-refractivity contribution in [2.24, 2.45) is 0 Å². The van der Waals surface area contributed by atoms with Crippen LogP contribution in [0.5, 0.6) is 0 Å². The molecular formula is C12H15BrN4O2S. The summed E-state index contributed by atoms with van der Waals surface area (Å²) in [5.41, 5.74) is 1.96. The quantitative estimate of drug-likeness (QED) is 0.762. The number of anilines is 1. The largest absolute Gasteiger partial charge is 0.316 e. The lowest BCUT2D eigenvalue weighted by atomic mass is 10.2. The fraction of sp³-hybridized carbons (Fsp3) is 0.250. The summed E-state index contributed by atoms with van der Waals surface area (Å²) >= 11 is 3.33. The topological polar surface area (TPSA) is 86.9 Å². The number of halogens is 1. The van der Waals surface area contributed by atoms with Gasteiger partial charge in [0, 0.05) is 16.6 Å². The average Bonchev–Trinajstić information content (AvgIpc) is 2.83. The Morgan fingerprint density at radius 3 is 2.85 bits per heavy atom. The van der Waals surface area contributed by atoms with Gasteiger partial charge in [-0.1, -0.05) is 22.0 Å². The second-order valence-electron chi connectivity index (χ2n) is 4.32. The number of aromatic nitrogens is 2. The van der Waals surface area contributed by atoms with Gasteiger partial charge in [0.2, 0.25) is 0 Å². The monoisotopic (exact) mass is 358 g/mol. The van der Waals surface area contributed by atoms with Crippen LogP contribution in [0.2, 0.25) is 0 Å². The average molecular weight is 359 g/mol. The molecule has 0 saturated carbocycles. The predicted octanol–water partition coefficient (Wildman–Crippen LogP) is 2.00. The molecule has 2 aromatic rings. The van der Waals surface area contributed by atoms with Gasteiger partial charge in [-0.3, -0.25) is 9.82 Å². The Bertz CT molecular complexity index is 712. The summed E-state index contributed by atoms with van der Waals surface area (Å²) in [6, 6.07) is 5.42. The Labute approximate surface area is 126 Å². The van der Waals surface area contributed by atoms with E-state index in [0.717, 1.165) is 10.0 Å². The number of aromatic amines is 1. The van der Waals surface area contributed by atoms with Crippen molar-refractivity contribution in [1.82, 2.24) is 15.5 Å². The van der Waals surface area contributed by atoms with Gasteiger partial charge in [0.25, 0.3) is 10.0 Å². The molecule has 1 aromatic carbocycles. The van der Waals surface area contributed by atoms with Crippen molar-refractivity contribution in [3.05, 3.63) is 40.0 Å². The van der Waals surface area contributed by atoms with Crippen LogP contribution in [0, 0.1) is 6.92 Å². The Hall–Kier alpha value is -1.38. The molecule has 0 unspecified atom stereocenters. The zero-order valence-corrected chi connectivity index (χ0v) is 13.5. The molecule has 0 radical (unpaired) electrons. The maximum absolute atomic E-state index is 12.4. The van der Waals surface area contributed by atoms with Gasteiger partial charge in [-0.2, -0.15) is 13.5 Å². The number of hydrogen-bond donors (Lipinski definition) is 3. The standard InChI is InChI=1S/C12H15BrN4O2S/c1-8-3-4-10(13)5-11(8)17-20(18,19)12-9(6-14-2)7-15-16-12/h3-5,7,14,17H,6H2,1-2H3,(H,15,16). The number of hydrogen-bond acceptors (Lipinski definition) is 4. The molecule has 3 N–H and O–H groups in total. The van der Waals surface area contributed by atoms with Crippen LogP contribution in [0.3, 0.4) is 0 Å². The van der Waals surface area contributed by atoms with E-state index >= 15 is 0 Å². The molecule has 0 aliphatic rings. The first-order chi connectivity index (χ1) is 9.44. The van der Waals surface area contributed by atoms with Crippen LogP contribution in [0.1, 0.15) is 11.1 Å². The molecule has 6 nitrogen and oxygen atoms in total. The minimum atomic E-state index is -3.69. The molecule has 108 valence electrons. The lowest BCUT2D eigenvalue weighted by Crippen LogP contribution is -2.17. The first kappa shape index (κ1) is 15.0. The van der Waals surface area contributed by atoms with Gasteiger partial charge in [0.1, 0.15) is 0 Å². The van der Waals surface area contributed by atoms with Crippen LogP contribution in [-0.2, 0) is 16.6 Å². The van der Waals surface area contributed by atoms with Crippen molar-refractivity contribution in [2.45, 2.75) is 18.5 Å². The third kappa shape index (κ3) is 3.20. The van der Waals surface area contributed by atoms with E-state index in [2.05, 4.69) is 36.2 Å². The molecule has 0 bridgehead atoms. The Morgan fingerprint density at radius 1 is 1.40 bits per heavy atom. The zero-order valence-electron chi connectivity index (χ0n) is 11.1. The van der Waals surface area contributed by atoms with E-state index < -0.39 is 10.0 Å². The number of nitrogens with one attached hydrogen (secondary N) is 3. The highest BCUT2D eigenvalue weighted by molar-refractivity contribution is 9.10. The Morgan fingerprint density at radius 2 is 2.15 bits per heavy atom. The molecule has 0 aliphatic heterocycles. The summed E-state index contributed by atoms with van der Waals surface area (Å²) in [5, 5.41) is 9.31. The third-order valence-corrected chi connectivity index (χ3v) is 4.63. The summed E-state index contributed by atoms with van der Waals surface area (Å²) in [6.07, 6.45) is 1.50. The molecule has 8 heteroatoms. The Kier molecular flexibility index (Phi) is 4.46. The molecule has 2 rings (SSSR count). The first-order valence-electron chi connectivity index (χ1n) is 5.90. The second kappa shape index (κ2) is 5.94. The van der Waals surface area contributed by atoms with Crippen LogP contribution >= 0.6 is 15.9 Å². The van der Waals surface area contributed by atoms with Crippen LogP contribution in [-0.4, -0.2) is 25.7 Å². The molecule has 20 heavy (non-hydrogen) atoms. The maximum atomic E-state index is 12.4. The van der Waals surface area contributed by atoms with Crippen molar-refractivity contribution in [1.29, 1.82) is 0 Å². The molecule has 0 saturated heterocycles. The van der Waals surface area contributed by atoms with Crippen molar-refractivity contribution in [3.63, 3.8) is 0 Å². The smallest absolute Gasteiger partial charge is 0.279 e. The minimum Gasteiger partial charge on any atom is -0.316 e. The van der Waals surface area contributed by atoms with E-state index in [-0.39, 0.29) is 5.03 Å². The number of rotatable bonds is 5. The fourth-order valence-corrected chi connectivity index (χ4v) is 3.36. The summed E-state index contributed by atoms with van der Waals surface area (Å²) in [7, 11) is -1.95. The summed E-state index contributed by atoms with van der Waals surface area (Å²) < 4.78 is 28.2. The van der Waals surface area contributed by atoms with Gasteiger partial charge < -0.3 is 5.32 Å². The Balaban J connectivity index is 2.36. The van der Waals surface area contributed by atoms with Gasteiger partial charge in [0.15, 0.2) is 5.03 Å². The molecule has 0 spiro atoms. The molecule has 0 amide bonds. The van der Waals surface area contributed by atoms with E-state index in [9.17, 15) is 8.42 Å². The second-order valence-corrected chi connectivity index (χ2v) is 6.85. The van der Waals surface area contributed by atoms with Crippen LogP contribution in [0.25, 0.3) is 0 Å². The lowest BCUT2D eigenvalue weighted by Gasteiger charge is -2.11. The molecule has 0 aliphatic carbocycles. The highest BCUT2D eigenvalue weighted by atomic mass is 79.9. The highest BCUT2D eigenvalue weighted by Gasteiger charge is 2.21. The normalized spacial score (nSPS) is 11.6. The highest BCUT2D eigenvalue weighted by Crippen LogP contribution is 2.24. The lowest BCUT2D eigenvalue weighted by molar-refractivity contribution is 0.595. The van der Waals surface area contributed by atoms with Gasteiger partial charge in [-0.25, -0.2) is 0 Å². The van der Waals surface area contributed by atoms with Crippen LogP contribution in [0.15, 0.2) is 33.9 Å². The van der Waals surface area contributed by atoms with Gasteiger partial charge in [-0.15, -0.1) is 0 Å². The number of aryl methyl sites for hydroxylation is 1. The summed E-state index contributed by atoms with van der Waals surface area (Å²) in [4.78, 5) is 0. The molecule has 0 atom stereocenters. The predicted molar refractivity (Wildman–Crippen MR) is 81.0 cm³/mol. The molecular weight excluding hydrogens is 344 g/mol. The van der Waals surface area contributed by atoms with Crippen LogP contribution in [0.4, 0.5) is 5.69 Å². The van der Waals surface area contributed by atoms with Gasteiger partial charge in [-0.05, 0) is 31.7 Å². The SMILES string of the molecule is CNCc1cn[nH]c1S(=O)(=O)Nc1cc(Br)ccc1C. The number of benzene rings is 1. The van der Waals surface area contributed by atoms with E-state index in [0.29, 0.717) is 17.8 Å². The van der Waals surface area contributed by atoms with Crippen molar-refractivity contribution >= 4 is 31.6 Å². The summed E-state index contributed by atoms with van der Waals surface area (Å²) in [6.45, 7) is 2.26. The third-order valence-electron chi connectivity index (χ3n) is 2.76. The van der Waals surface area contributed by atoms with E-state index in [1.165, 1.54) is 6.20 Å². The molecule has 1 aromatic heterocycles. The number of H-pyrrole nitrogens is 1. The number of sulfonamides is 1. The fourth-order valence-electron chi connectivity index (χ4n) is 1.75. The van der Waals surface area contributed by atoms with Gasteiger partial charge >= 0.3 is 0 Å². The van der Waals surface area contributed by atoms with E-state index in [4.69, 9.17) is 0 Å². The molecule has 1 heterocycles. The molecule has 0 fully saturated rings. The summed E-state index contributed by atoms with van der Waals surface area (Å²) in [5.74, 6) is 0. The van der Waals surface area contributed by atoms with Crippen molar-refractivity contribution < 1.29 is 8.42 Å². The maximum Gasteiger partial charge on any atom is 0.279 e. The van der Waals surface area contributed by atoms with Crippen molar-refractivity contribution in [2.75, 3.05) is 11.8 Å². The first-order valence-corrected chi connectivity index (χ1v) is 8.17. The van der Waals surface area contributed by atoms with Gasteiger partial charge in [0.05, 0.1) is 11.9 Å². The van der Waals surface area contributed by atoms with E-state index in [1.54, 1.807) is 13.1 Å². The zero-order chi connectivity index (χ0) is 14.8. The van der Waals surface area contributed by atoms with E-state index in [1.807, 2.05) is 19.1 Å².